The van der Waals surface area contributed by atoms with E-state index < -0.39 is 5.25 Å². The van der Waals surface area contributed by atoms with Crippen LogP contribution in [0.3, 0.4) is 0 Å². The first-order chi connectivity index (χ1) is 15.1. The average Bonchev–Trinajstić information content (AvgIpc) is 3.40. The van der Waals surface area contributed by atoms with E-state index >= 15 is 0 Å². The summed E-state index contributed by atoms with van der Waals surface area (Å²) in [6.07, 6.45) is 0. The molecular formula is C20H16FN5OS4. The summed E-state index contributed by atoms with van der Waals surface area (Å²) >= 11 is 5.60. The number of carbonyl (C=O) groups is 1. The van der Waals surface area contributed by atoms with Gasteiger partial charge in [-0.2, -0.15) is 0 Å². The average molecular weight is 490 g/mol. The molecule has 0 aliphatic rings. The predicted molar refractivity (Wildman–Crippen MR) is 124 cm³/mol. The van der Waals surface area contributed by atoms with Gasteiger partial charge in [0, 0.05) is 5.75 Å². The SMILES string of the molecule is Cc1nnc(S[C@@H](C(=O)Nc2nnc(SCc3ccc(F)cc3)s2)c2ccccc2)s1. The van der Waals surface area contributed by atoms with Crippen LogP contribution in [0.2, 0.25) is 0 Å². The monoisotopic (exact) mass is 489 g/mol. The Morgan fingerprint density at radius 3 is 2.45 bits per heavy atom. The van der Waals surface area contributed by atoms with Crippen LogP contribution in [0.1, 0.15) is 21.4 Å². The van der Waals surface area contributed by atoms with E-state index in [2.05, 4.69) is 25.7 Å². The van der Waals surface area contributed by atoms with Gasteiger partial charge in [0.2, 0.25) is 11.0 Å². The molecule has 0 unspecified atom stereocenters. The molecule has 6 nitrogen and oxygen atoms in total. The summed E-state index contributed by atoms with van der Waals surface area (Å²) in [5.41, 5.74) is 1.85. The van der Waals surface area contributed by atoms with Gasteiger partial charge in [0.1, 0.15) is 16.1 Å². The number of thioether (sulfide) groups is 2. The van der Waals surface area contributed by atoms with E-state index in [1.165, 1.54) is 58.3 Å². The molecule has 2 aromatic heterocycles. The number of carbonyl (C=O) groups excluding carboxylic acids is 1. The first kappa shape index (κ1) is 21.9. The molecule has 2 heterocycles. The Kier molecular flexibility index (Phi) is 7.28. The first-order valence-electron chi connectivity index (χ1n) is 9.10. The lowest BCUT2D eigenvalue weighted by Gasteiger charge is -2.14. The number of nitrogens with one attached hydrogen (secondary N) is 1. The van der Waals surface area contributed by atoms with Crippen molar-refractivity contribution >= 4 is 57.2 Å². The van der Waals surface area contributed by atoms with Gasteiger partial charge in [-0.25, -0.2) is 4.39 Å². The van der Waals surface area contributed by atoms with Crippen LogP contribution in [-0.2, 0) is 10.5 Å². The number of aryl methyl sites for hydroxylation is 1. The number of aromatic nitrogens is 4. The molecule has 0 bridgehead atoms. The van der Waals surface area contributed by atoms with Crippen molar-refractivity contribution in [1.29, 1.82) is 0 Å². The van der Waals surface area contributed by atoms with Crippen LogP contribution in [0.4, 0.5) is 9.52 Å². The minimum Gasteiger partial charge on any atom is -0.299 e. The van der Waals surface area contributed by atoms with Gasteiger partial charge >= 0.3 is 0 Å². The molecule has 0 radical (unpaired) electrons. The maximum absolute atomic E-state index is 13.1. The molecule has 0 aliphatic carbocycles. The molecule has 0 spiro atoms. The van der Waals surface area contributed by atoms with Crippen molar-refractivity contribution in [2.75, 3.05) is 5.32 Å². The van der Waals surface area contributed by atoms with Gasteiger partial charge in [-0.1, -0.05) is 88.7 Å². The molecule has 0 aliphatic heterocycles. The third kappa shape index (κ3) is 6.10. The number of halogens is 1. The number of benzene rings is 2. The zero-order valence-electron chi connectivity index (χ0n) is 16.2. The highest BCUT2D eigenvalue weighted by Crippen LogP contribution is 2.38. The Hall–Kier alpha value is -2.34. The zero-order chi connectivity index (χ0) is 21.6. The number of nitrogens with zero attached hydrogens (tertiary/aromatic N) is 4. The molecule has 11 heteroatoms. The predicted octanol–water partition coefficient (Wildman–Crippen LogP) is 5.60. The second-order valence-corrected chi connectivity index (χ2v) is 11.0. The molecule has 158 valence electrons. The van der Waals surface area contributed by atoms with Crippen LogP contribution in [0.15, 0.2) is 63.3 Å². The van der Waals surface area contributed by atoms with Crippen LogP contribution in [0.25, 0.3) is 0 Å². The fraction of sp³-hybridized carbons (Fsp3) is 0.150. The molecule has 1 amide bonds. The Balaban J connectivity index is 1.42. The van der Waals surface area contributed by atoms with Gasteiger partial charge in [0.25, 0.3) is 0 Å². The van der Waals surface area contributed by atoms with Crippen LogP contribution in [-0.4, -0.2) is 26.3 Å². The molecule has 1 N–H and O–H groups in total. The Labute approximate surface area is 194 Å². The van der Waals surface area contributed by atoms with Crippen molar-refractivity contribution in [3.05, 3.63) is 76.5 Å². The van der Waals surface area contributed by atoms with Gasteiger partial charge in [-0.15, -0.1) is 20.4 Å². The molecule has 0 saturated heterocycles. The van der Waals surface area contributed by atoms with Crippen molar-refractivity contribution in [2.45, 2.75) is 26.6 Å². The molecule has 1 atom stereocenters. The van der Waals surface area contributed by atoms with Crippen molar-refractivity contribution < 1.29 is 9.18 Å². The third-order valence-corrected chi connectivity index (χ3v) is 8.20. The number of anilines is 1. The van der Waals surface area contributed by atoms with Crippen molar-refractivity contribution in [1.82, 2.24) is 20.4 Å². The van der Waals surface area contributed by atoms with E-state index in [9.17, 15) is 9.18 Å². The van der Waals surface area contributed by atoms with Crippen molar-refractivity contribution in [2.24, 2.45) is 0 Å². The lowest BCUT2D eigenvalue weighted by molar-refractivity contribution is -0.115. The summed E-state index contributed by atoms with van der Waals surface area (Å²) < 4.78 is 14.5. The highest BCUT2D eigenvalue weighted by atomic mass is 32.2. The van der Waals surface area contributed by atoms with Crippen molar-refractivity contribution in [3.63, 3.8) is 0 Å². The largest absolute Gasteiger partial charge is 0.299 e. The molecular weight excluding hydrogens is 474 g/mol. The van der Waals surface area contributed by atoms with Gasteiger partial charge in [-0.05, 0) is 30.2 Å². The molecule has 2 aromatic carbocycles. The Morgan fingerprint density at radius 2 is 1.74 bits per heavy atom. The number of hydrogen-bond acceptors (Lipinski definition) is 9. The summed E-state index contributed by atoms with van der Waals surface area (Å²) in [4.78, 5) is 13.1. The lowest BCUT2D eigenvalue weighted by Crippen LogP contribution is -2.18. The normalized spacial score (nSPS) is 11.9. The zero-order valence-corrected chi connectivity index (χ0v) is 19.5. The maximum atomic E-state index is 13.1. The molecule has 0 fully saturated rings. The lowest BCUT2D eigenvalue weighted by atomic mass is 10.1. The molecule has 4 aromatic rings. The second-order valence-electron chi connectivity index (χ2n) is 6.27. The van der Waals surface area contributed by atoms with E-state index in [1.807, 2.05) is 37.3 Å². The fourth-order valence-corrected chi connectivity index (χ4v) is 6.26. The Morgan fingerprint density at radius 1 is 1.00 bits per heavy atom. The van der Waals surface area contributed by atoms with E-state index in [-0.39, 0.29) is 11.7 Å². The van der Waals surface area contributed by atoms with E-state index in [0.29, 0.717) is 10.9 Å². The minimum absolute atomic E-state index is 0.199. The summed E-state index contributed by atoms with van der Waals surface area (Å²) in [6.45, 7) is 1.88. The van der Waals surface area contributed by atoms with Gasteiger partial charge in [0.15, 0.2) is 8.68 Å². The quantitative estimate of drug-likeness (QED) is 0.255. The number of amides is 1. The minimum atomic E-state index is -0.493. The first-order valence-corrected chi connectivity index (χ1v) is 12.6. The summed E-state index contributed by atoms with van der Waals surface area (Å²) in [5, 5.41) is 20.1. The highest BCUT2D eigenvalue weighted by Gasteiger charge is 2.25. The third-order valence-electron chi connectivity index (χ3n) is 3.98. The van der Waals surface area contributed by atoms with E-state index in [0.717, 1.165) is 24.8 Å². The fourth-order valence-electron chi connectivity index (χ4n) is 2.54. The Bertz CT molecular complexity index is 1150. The molecule has 0 saturated carbocycles. The van der Waals surface area contributed by atoms with Gasteiger partial charge < -0.3 is 0 Å². The van der Waals surface area contributed by atoms with E-state index in [4.69, 9.17) is 0 Å². The standard InChI is InChI=1S/C20H16FN5OS4/c1-12-23-26-20(29-12)30-16(14-5-3-2-4-6-14)17(27)22-18-24-25-19(31-18)28-11-13-7-9-15(21)10-8-13/h2-10,16H,11H2,1H3,(H,22,24,27)/t16-/m1/s1. The topological polar surface area (TPSA) is 80.7 Å². The summed E-state index contributed by atoms with van der Waals surface area (Å²) in [5.74, 6) is 0.182. The van der Waals surface area contributed by atoms with Crippen LogP contribution < -0.4 is 5.32 Å². The van der Waals surface area contributed by atoms with Crippen LogP contribution in [0, 0.1) is 12.7 Å². The smallest absolute Gasteiger partial charge is 0.244 e. The summed E-state index contributed by atoms with van der Waals surface area (Å²) in [7, 11) is 0. The van der Waals surface area contributed by atoms with Crippen molar-refractivity contribution in [3.8, 4) is 0 Å². The number of hydrogen-bond donors (Lipinski definition) is 1. The molecule has 4 rings (SSSR count). The molecule has 31 heavy (non-hydrogen) atoms. The van der Waals surface area contributed by atoms with Crippen LogP contribution in [0.5, 0.6) is 0 Å². The maximum Gasteiger partial charge on any atom is 0.244 e. The second kappa shape index (κ2) is 10.3. The summed E-state index contributed by atoms with van der Waals surface area (Å²) in [6, 6.07) is 15.9. The van der Waals surface area contributed by atoms with Crippen LogP contribution >= 0.6 is 46.2 Å². The van der Waals surface area contributed by atoms with E-state index in [1.54, 1.807) is 12.1 Å². The highest BCUT2D eigenvalue weighted by molar-refractivity contribution is 8.02. The number of rotatable bonds is 8. The van der Waals surface area contributed by atoms with Gasteiger partial charge in [-0.3, -0.25) is 10.1 Å². The van der Waals surface area contributed by atoms with Gasteiger partial charge in [0.05, 0.1) is 0 Å².